The second kappa shape index (κ2) is 4.64. The van der Waals surface area contributed by atoms with Crippen molar-refractivity contribution in [2.75, 3.05) is 13.1 Å². The summed E-state index contributed by atoms with van der Waals surface area (Å²) < 4.78 is 13.4. The Bertz CT molecular complexity index is 391. The molecule has 1 aromatic rings. The first-order chi connectivity index (χ1) is 7.68. The molecule has 1 fully saturated rings. The molecule has 0 aliphatic carbocycles. The fourth-order valence-electron chi connectivity index (χ4n) is 2.18. The molecule has 1 amide bonds. The Morgan fingerprint density at radius 1 is 1.44 bits per heavy atom. The highest BCUT2D eigenvalue weighted by Gasteiger charge is 2.23. The van der Waals surface area contributed by atoms with E-state index >= 15 is 0 Å². The molecule has 0 aromatic heterocycles. The van der Waals surface area contributed by atoms with Crippen LogP contribution in [0.5, 0.6) is 0 Å². The molecule has 2 nitrogen and oxygen atoms in total. The fourth-order valence-corrected chi connectivity index (χ4v) is 2.18. The van der Waals surface area contributed by atoms with Gasteiger partial charge in [-0.05, 0) is 30.9 Å². The Hall–Kier alpha value is -1.38. The van der Waals surface area contributed by atoms with E-state index in [1.54, 1.807) is 23.1 Å². The predicted molar refractivity (Wildman–Crippen MR) is 60.7 cm³/mol. The van der Waals surface area contributed by atoms with Crippen LogP contribution < -0.4 is 0 Å². The monoisotopic (exact) mass is 221 g/mol. The van der Waals surface area contributed by atoms with Gasteiger partial charge in [-0.3, -0.25) is 4.79 Å². The molecule has 3 heteroatoms. The van der Waals surface area contributed by atoms with Crippen molar-refractivity contribution in [3.8, 4) is 0 Å². The van der Waals surface area contributed by atoms with E-state index in [-0.39, 0.29) is 11.5 Å². The largest absolute Gasteiger partial charge is 0.338 e. The second-order valence-corrected chi connectivity index (χ2v) is 4.48. The SMILES string of the molecule is C[C@@H]1CCCN(C(=O)c2ccccc2F)C1. The number of piperidine rings is 1. The van der Waals surface area contributed by atoms with Gasteiger partial charge in [0.25, 0.3) is 5.91 Å². The number of amides is 1. The zero-order valence-electron chi connectivity index (χ0n) is 9.45. The van der Waals surface area contributed by atoms with Crippen LogP contribution in [0.15, 0.2) is 24.3 Å². The Morgan fingerprint density at radius 3 is 2.88 bits per heavy atom. The van der Waals surface area contributed by atoms with Gasteiger partial charge < -0.3 is 4.90 Å². The number of rotatable bonds is 1. The quantitative estimate of drug-likeness (QED) is 0.714. The number of hydrogen-bond acceptors (Lipinski definition) is 1. The average Bonchev–Trinajstić information content (AvgIpc) is 2.29. The maximum Gasteiger partial charge on any atom is 0.256 e. The highest BCUT2D eigenvalue weighted by atomic mass is 19.1. The minimum Gasteiger partial charge on any atom is -0.338 e. The minimum absolute atomic E-state index is 0.176. The van der Waals surface area contributed by atoms with Gasteiger partial charge >= 0.3 is 0 Å². The van der Waals surface area contributed by atoms with Crippen LogP contribution >= 0.6 is 0 Å². The van der Waals surface area contributed by atoms with Crippen LogP contribution in [0.25, 0.3) is 0 Å². The number of carbonyl (C=O) groups is 1. The molecule has 0 spiro atoms. The van der Waals surface area contributed by atoms with Gasteiger partial charge in [0.05, 0.1) is 5.56 Å². The molecule has 0 N–H and O–H groups in total. The molecule has 1 heterocycles. The van der Waals surface area contributed by atoms with Crippen molar-refractivity contribution < 1.29 is 9.18 Å². The van der Waals surface area contributed by atoms with E-state index in [2.05, 4.69) is 6.92 Å². The number of carbonyl (C=O) groups excluding carboxylic acids is 1. The topological polar surface area (TPSA) is 20.3 Å². The van der Waals surface area contributed by atoms with Gasteiger partial charge in [-0.15, -0.1) is 0 Å². The molecular formula is C13H16FNO. The van der Waals surface area contributed by atoms with E-state index in [1.165, 1.54) is 6.07 Å². The maximum atomic E-state index is 13.4. The Labute approximate surface area is 95.1 Å². The normalized spacial score (nSPS) is 20.9. The summed E-state index contributed by atoms with van der Waals surface area (Å²) in [7, 11) is 0. The minimum atomic E-state index is -0.425. The van der Waals surface area contributed by atoms with Crippen molar-refractivity contribution in [1.29, 1.82) is 0 Å². The van der Waals surface area contributed by atoms with E-state index in [9.17, 15) is 9.18 Å². The van der Waals surface area contributed by atoms with Crippen LogP contribution in [0.3, 0.4) is 0 Å². The van der Waals surface area contributed by atoms with Crippen molar-refractivity contribution in [3.63, 3.8) is 0 Å². The molecule has 86 valence electrons. The molecule has 1 aromatic carbocycles. The number of likely N-dealkylation sites (tertiary alicyclic amines) is 1. The third-order valence-electron chi connectivity index (χ3n) is 3.05. The van der Waals surface area contributed by atoms with E-state index < -0.39 is 5.82 Å². The molecule has 0 bridgehead atoms. The maximum absolute atomic E-state index is 13.4. The highest BCUT2D eigenvalue weighted by molar-refractivity contribution is 5.94. The molecule has 0 saturated carbocycles. The van der Waals surface area contributed by atoms with Gasteiger partial charge in [-0.25, -0.2) is 4.39 Å². The molecule has 1 aliphatic rings. The van der Waals surface area contributed by atoms with Crippen LogP contribution in [-0.4, -0.2) is 23.9 Å². The lowest BCUT2D eigenvalue weighted by molar-refractivity contribution is 0.0678. The van der Waals surface area contributed by atoms with Gasteiger partial charge in [-0.2, -0.15) is 0 Å². The zero-order valence-corrected chi connectivity index (χ0v) is 9.45. The molecule has 0 radical (unpaired) electrons. The van der Waals surface area contributed by atoms with Crippen LogP contribution in [0.4, 0.5) is 4.39 Å². The molecule has 16 heavy (non-hydrogen) atoms. The lowest BCUT2D eigenvalue weighted by Crippen LogP contribution is -2.39. The van der Waals surface area contributed by atoms with Gasteiger partial charge in [-0.1, -0.05) is 19.1 Å². The van der Waals surface area contributed by atoms with Crippen molar-refractivity contribution in [2.24, 2.45) is 5.92 Å². The van der Waals surface area contributed by atoms with Crippen molar-refractivity contribution in [1.82, 2.24) is 4.90 Å². The summed E-state index contributed by atoms with van der Waals surface area (Å²) in [6.07, 6.45) is 2.17. The Kier molecular flexibility index (Phi) is 3.22. The Balaban J connectivity index is 2.16. The second-order valence-electron chi connectivity index (χ2n) is 4.48. The molecule has 1 aliphatic heterocycles. The third kappa shape index (κ3) is 2.23. The predicted octanol–water partition coefficient (Wildman–Crippen LogP) is 2.70. The fraction of sp³-hybridized carbons (Fsp3) is 0.462. The van der Waals surface area contributed by atoms with Crippen molar-refractivity contribution in [2.45, 2.75) is 19.8 Å². The molecular weight excluding hydrogens is 205 g/mol. The highest BCUT2D eigenvalue weighted by Crippen LogP contribution is 2.18. The summed E-state index contributed by atoms with van der Waals surface area (Å²) in [5, 5.41) is 0. The number of benzene rings is 1. The molecule has 0 unspecified atom stereocenters. The zero-order chi connectivity index (χ0) is 11.5. The van der Waals surface area contributed by atoms with E-state index in [0.717, 1.165) is 25.9 Å². The number of halogens is 1. The molecule has 1 atom stereocenters. The summed E-state index contributed by atoms with van der Waals surface area (Å²) in [5.41, 5.74) is 0.191. The van der Waals surface area contributed by atoms with Crippen LogP contribution in [0, 0.1) is 11.7 Å². The van der Waals surface area contributed by atoms with E-state index in [0.29, 0.717) is 5.92 Å². The van der Waals surface area contributed by atoms with Crippen molar-refractivity contribution in [3.05, 3.63) is 35.6 Å². The molecule has 2 rings (SSSR count). The third-order valence-corrected chi connectivity index (χ3v) is 3.05. The standard InChI is InChI=1S/C13H16FNO/c1-10-5-4-8-15(9-10)13(16)11-6-2-3-7-12(11)14/h2-3,6-7,10H,4-5,8-9H2,1H3/t10-/m1/s1. The smallest absolute Gasteiger partial charge is 0.256 e. The summed E-state index contributed by atoms with van der Waals surface area (Å²) >= 11 is 0. The van der Waals surface area contributed by atoms with Crippen LogP contribution in [-0.2, 0) is 0 Å². The lowest BCUT2D eigenvalue weighted by atomic mass is 9.99. The van der Waals surface area contributed by atoms with Gasteiger partial charge in [0.1, 0.15) is 5.82 Å². The van der Waals surface area contributed by atoms with Crippen LogP contribution in [0.2, 0.25) is 0 Å². The summed E-state index contributed by atoms with van der Waals surface area (Å²) in [6.45, 7) is 3.62. The number of hydrogen-bond donors (Lipinski definition) is 0. The summed E-state index contributed by atoms with van der Waals surface area (Å²) in [5.74, 6) is -0.0835. The number of nitrogens with zero attached hydrogens (tertiary/aromatic N) is 1. The van der Waals surface area contributed by atoms with Crippen LogP contribution in [0.1, 0.15) is 30.1 Å². The van der Waals surface area contributed by atoms with Gasteiger partial charge in [0.2, 0.25) is 0 Å². The first kappa shape index (κ1) is 11.1. The van der Waals surface area contributed by atoms with Crippen molar-refractivity contribution >= 4 is 5.91 Å². The average molecular weight is 221 g/mol. The van der Waals surface area contributed by atoms with Gasteiger partial charge in [0.15, 0.2) is 0 Å². The molecule has 1 saturated heterocycles. The van der Waals surface area contributed by atoms with E-state index in [1.807, 2.05) is 0 Å². The summed E-state index contributed by atoms with van der Waals surface area (Å²) in [4.78, 5) is 13.8. The van der Waals surface area contributed by atoms with E-state index in [4.69, 9.17) is 0 Å². The Morgan fingerprint density at radius 2 is 2.19 bits per heavy atom. The first-order valence-corrected chi connectivity index (χ1v) is 5.72. The first-order valence-electron chi connectivity index (χ1n) is 5.72. The lowest BCUT2D eigenvalue weighted by Gasteiger charge is -2.31. The summed E-state index contributed by atoms with van der Waals surface area (Å²) in [6, 6.07) is 6.19. The van der Waals surface area contributed by atoms with Gasteiger partial charge in [0, 0.05) is 13.1 Å².